The Morgan fingerprint density at radius 3 is 3.13 bits per heavy atom. The predicted molar refractivity (Wildman–Crippen MR) is 56.4 cm³/mol. The molecule has 2 atom stereocenters. The van der Waals surface area contributed by atoms with E-state index in [9.17, 15) is 4.79 Å². The van der Waals surface area contributed by atoms with Gasteiger partial charge in [-0.05, 0) is 31.4 Å². The molecule has 0 radical (unpaired) electrons. The van der Waals surface area contributed by atoms with E-state index in [4.69, 9.17) is 10.2 Å². The minimum Gasteiger partial charge on any atom is -0.472 e. The molecule has 4 nitrogen and oxygen atoms in total. The van der Waals surface area contributed by atoms with E-state index in [1.54, 1.807) is 6.07 Å². The third-order valence-corrected chi connectivity index (χ3v) is 3.06. The van der Waals surface area contributed by atoms with E-state index in [1.165, 1.54) is 12.5 Å². The number of carbonyl (C=O) groups is 1. The highest BCUT2D eigenvalue weighted by Gasteiger charge is 2.27. The molecular formula is C11H16N2O2. The van der Waals surface area contributed by atoms with Crippen LogP contribution < -0.4 is 11.1 Å². The Morgan fingerprint density at radius 2 is 2.47 bits per heavy atom. The van der Waals surface area contributed by atoms with Crippen molar-refractivity contribution in [1.82, 2.24) is 5.32 Å². The van der Waals surface area contributed by atoms with Crippen LogP contribution in [-0.2, 0) is 0 Å². The van der Waals surface area contributed by atoms with Gasteiger partial charge in [-0.2, -0.15) is 0 Å². The van der Waals surface area contributed by atoms with Crippen molar-refractivity contribution in [3.8, 4) is 0 Å². The maximum absolute atomic E-state index is 11.7. The van der Waals surface area contributed by atoms with Crippen molar-refractivity contribution in [3.63, 3.8) is 0 Å². The van der Waals surface area contributed by atoms with Gasteiger partial charge in [-0.25, -0.2) is 0 Å². The maximum atomic E-state index is 11.7. The standard InChI is InChI=1S/C11H16N2O2/c12-6-8-2-1-3-10(8)13-11(14)9-4-5-15-7-9/h4-5,7-8,10H,1-3,6,12H2,(H,13,14). The van der Waals surface area contributed by atoms with Crippen LogP contribution in [0.25, 0.3) is 0 Å². The summed E-state index contributed by atoms with van der Waals surface area (Å²) in [5, 5.41) is 3.00. The normalized spacial score (nSPS) is 25.4. The van der Waals surface area contributed by atoms with Gasteiger partial charge in [0, 0.05) is 6.04 Å². The Labute approximate surface area is 88.8 Å². The van der Waals surface area contributed by atoms with Crippen LogP contribution in [0.3, 0.4) is 0 Å². The van der Waals surface area contributed by atoms with Crippen molar-refractivity contribution in [2.24, 2.45) is 11.7 Å². The lowest BCUT2D eigenvalue weighted by molar-refractivity contribution is 0.0928. The quantitative estimate of drug-likeness (QED) is 0.782. The minimum absolute atomic E-state index is 0.0610. The summed E-state index contributed by atoms with van der Waals surface area (Å²) in [6, 6.07) is 1.90. The average molecular weight is 208 g/mol. The van der Waals surface area contributed by atoms with Gasteiger partial charge in [-0.1, -0.05) is 6.42 Å². The second kappa shape index (κ2) is 4.49. The number of furan rings is 1. The van der Waals surface area contributed by atoms with Crippen LogP contribution in [0, 0.1) is 5.92 Å². The molecule has 15 heavy (non-hydrogen) atoms. The third-order valence-electron chi connectivity index (χ3n) is 3.06. The molecule has 1 amide bonds. The number of nitrogens with two attached hydrogens (primary N) is 1. The molecule has 0 saturated heterocycles. The van der Waals surface area contributed by atoms with Crippen LogP contribution in [0.2, 0.25) is 0 Å². The van der Waals surface area contributed by atoms with Gasteiger partial charge in [0.2, 0.25) is 0 Å². The van der Waals surface area contributed by atoms with E-state index >= 15 is 0 Å². The summed E-state index contributed by atoms with van der Waals surface area (Å²) < 4.78 is 4.87. The lowest BCUT2D eigenvalue weighted by Gasteiger charge is -2.18. The lowest BCUT2D eigenvalue weighted by atomic mass is 10.0. The monoisotopic (exact) mass is 208 g/mol. The summed E-state index contributed by atoms with van der Waals surface area (Å²) in [6.07, 6.45) is 6.27. The van der Waals surface area contributed by atoms with Crippen molar-refractivity contribution in [2.45, 2.75) is 25.3 Å². The highest BCUT2D eigenvalue weighted by atomic mass is 16.3. The van der Waals surface area contributed by atoms with Crippen molar-refractivity contribution < 1.29 is 9.21 Å². The lowest BCUT2D eigenvalue weighted by Crippen LogP contribution is -2.39. The second-order valence-corrected chi connectivity index (χ2v) is 4.02. The number of carbonyl (C=O) groups excluding carboxylic acids is 1. The first kappa shape index (κ1) is 10.2. The van der Waals surface area contributed by atoms with E-state index in [-0.39, 0.29) is 11.9 Å². The van der Waals surface area contributed by atoms with Crippen LogP contribution in [0.4, 0.5) is 0 Å². The minimum atomic E-state index is -0.0610. The maximum Gasteiger partial charge on any atom is 0.254 e. The van der Waals surface area contributed by atoms with Gasteiger partial charge < -0.3 is 15.5 Å². The highest BCUT2D eigenvalue weighted by Crippen LogP contribution is 2.24. The zero-order valence-electron chi connectivity index (χ0n) is 8.61. The molecule has 0 bridgehead atoms. The van der Waals surface area contributed by atoms with Crippen LogP contribution in [0.15, 0.2) is 23.0 Å². The largest absolute Gasteiger partial charge is 0.472 e. The van der Waals surface area contributed by atoms with E-state index in [0.717, 1.165) is 19.3 Å². The van der Waals surface area contributed by atoms with Crippen LogP contribution in [-0.4, -0.2) is 18.5 Å². The van der Waals surface area contributed by atoms with Gasteiger partial charge in [-0.3, -0.25) is 4.79 Å². The fourth-order valence-corrected chi connectivity index (χ4v) is 2.15. The molecule has 1 aromatic heterocycles. The zero-order valence-corrected chi connectivity index (χ0v) is 8.61. The smallest absolute Gasteiger partial charge is 0.254 e. The number of nitrogens with one attached hydrogen (secondary N) is 1. The SMILES string of the molecule is NCC1CCCC1NC(=O)c1ccoc1. The first-order chi connectivity index (χ1) is 7.31. The predicted octanol–water partition coefficient (Wildman–Crippen LogP) is 1.14. The van der Waals surface area contributed by atoms with Gasteiger partial charge in [-0.15, -0.1) is 0 Å². The van der Waals surface area contributed by atoms with Gasteiger partial charge in [0.1, 0.15) is 6.26 Å². The Kier molecular flexibility index (Phi) is 3.06. The van der Waals surface area contributed by atoms with E-state index in [1.807, 2.05) is 0 Å². The molecule has 1 fully saturated rings. The van der Waals surface area contributed by atoms with Crippen LogP contribution >= 0.6 is 0 Å². The summed E-state index contributed by atoms with van der Waals surface area (Å²) in [7, 11) is 0. The number of hydrogen-bond donors (Lipinski definition) is 2. The molecule has 0 spiro atoms. The average Bonchev–Trinajstić information content (AvgIpc) is 2.87. The first-order valence-electron chi connectivity index (χ1n) is 5.34. The molecule has 4 heteroatoms. The fourth-order valence-electron chi connectivity index (χ4n) is 2.15. The summed E-state index contributed by atoms with van der Waals surface area (Å²) in [4.78, 5) is 11.7. The molecule has 0 aliphatic heterocycles. The molecule has 3 N–H and O–H groups in total. The second-order valence-electron chi connectivity index (χ2n) is 4.02. The number of rotatable bonds is 3. The summed E-state index contributed by atoms with van der Waals surface area (Å²) in [5.74, 6) is 0.370. The zero-order chi connectivity index (χ0) is 10.7. The van der Waals surface area contributed by atoms with Crippen molar-refractivity contribution in [3.05, 3.63) is 24.2 Å². The van der Waals surface area contributed by atoms with Gasteiger partial charge in [0.25, 0.3) is 5.91 Å². The van der Waals surface area contributed by atoms with Crippen molar-refractivity contribution >= 4 is 5.91 Å². The van der Waals surface area contributed by atoms with Gasteiger partial charge in [0.05, 0.1) is 11.8 Å². The van der Waals surface area contributed by atoms with Crippen molar-refractivity contribution in [1.29, 1.82) is 0 Å². The van der Waals surface area contributed by atoms with E-state index in [0.29, 0.717) is 18.0 Å². The topological polar surface area (TPSA) is 68.3 Å². The first-order valence-corrected chi connectivity index (χ1v) is 5.34. The molecule has 1 heterocycles. The van der Waals surface area contributed by atoms with Gasteiger partial charge in [0.15, 0.2) is 0 Å². The van der Waals surface area contributed by atoms with Gasteiger partial charge >= 0.3 is 0 Å². The van der Waals surface area contributed by atoms with E-state index < -0.39 is 0 Å². The van der Waals surface area contributed by atoms with Crippen LogP contribution in [0.1, 0.15) is 29.6 Å². The summed E-state index contributed by atoms with van der Waals surface area (Å²) in [5.41, 5.74) is 6.23. The Balaban J connectivity index is 1.94. The fraction of sp³-hybridized carbons (Fsp3) is 0.545. The summed E-state index contributed by atoms with van der Waals surface area (Å²) >= 11 is 0. The number of amides is 1. The molecule has 82 valence electrons. The van der Waals surface area contributed by atoms with Crippen molar-refractivity contribution in [2.75, 3.05) is 6.54 Å². The molecule has 2 unspecified atom stereocenters. The molecule has 2 rings (SSSR count). The Morgan fingerprint density at radius 1 is 1.60 bits per heavy atom. The highest BCUT2D eigenvalue weighted by molar-refractivity contribution is 5.93. The Bertz CT molecular complexity index is 321. The molecule has 1 aromatic rings. The summed E-state index contributed by atoms with van der Waals surface area (Å²) in [6.45, 7) is 0.649. The van der Waals surface area contributed by atoms with Crippen LogP contribution in [0.5, 0.6) is 0 Å². The molecule has 0 aromatic carbocycles. The number of hydrogen-bond acceptors (Lipinski definition) is 3. The molecule has 1 aliphatic carbocycles. The molecular weight excluding hydrogens is 192 g/mol. The third kappa shape index (κ3) is 2.21. The molecule has 1 saturated carbocycles. The Hall–Kier alpha value is -1.29. The molecule has 1 aliphatic rings. The van der Waals surface area contributed by atoms with E-state index in [2.05, 4.69) is 5.32 Å².